The van der Waals surface area contributed by atoms with Crippen LogP contribution >= 0.6 is 23.2 Å². The molecule has 2 aliphatic heterocycles. The van der Waals surface area contributed by atoms with Crippen molar-refractivity contribution >= 4 is 39.1 Å². The normalized spacial score (nSPS) is 21.5. The molecule has 12 heteroatoms. The summed E-state index contributed by atoms with van der Waals surface area (Å²) in [4.78, 5) is 15.0. The van der Waals surface area contributed by atoms with Gasteiger partial charge in [-0.3, -0.25) is 10.1 Å². The van der Waals surface area contributed by atoms with Crippen LogP contribution in [0.2, 0.25) is 10.0 Å². The molecule has 0 saturated carbocycles. The second-order valence-corrected chi connectivity index (χ2v) is 12.3. The van der Waals surface area contributed by atoms with Crippen molar-refractivity contribution in [2.75, 3.05) is 13.1 Å². The molecule has 2 aliphatic rings. The zero-order chi connectivity index (χ0) is 27.2. The summed E-state index contributed by atoms with van der Waals surface area (Å²) < 4.78 is 67.8. The van der Waals surface area contributed by atoms with Crippen molar-refractivity contribution in [1.29, 1.82) is 0 Å². The summed E-state index contributed by atoms with van der Waals surface area (Å²) in [5, 5.41) is 3.51. The van der Waals surface area contributed by atoms with E-state index in [1.807, 2.05) is 13.8 Å². The first-order valence-corrected chi connectivity index (χ1v) is 14.2. The average Bonchev–Trinajstić information content (AvgIpc) is 3.11. The molecule has 0 radical (unpaired) electrons. The van der Waals surface area contributed by atoms with E-state index in [2.05, 4.69) is 5.32 Å². The molecule has 1 N–H and O–H groups in total. The van der Waals surface area contributed by atoms with E-state index in [-0.39, 0.29) is 59.2 Å². The largest absolute Gasteiger partial charge is 0.416 e. The molecule has 4 rings (SSSR count). The average molecular weight is 578 g/mol. The molecule has 0 aromatic heterocycles. The highest BCUT2D eigenvalue weighted by Crippen LogP contribution is 2.39. The standard InChI is InChI=1S/C25H28Cl2F3N3O3S/c1-3-16(2)22-23(34)33(15-17-6-4-7-18(14-17)25(28,29)30)24(31-22)10-12-32(13-11-24)37(35,36)20-9-5-8-19(26)21(20)27/h4-9,14,16,22,31H,3,10-13,15H2,1-2H3/t16-,22-/m0/s1. The van der Waals surface area contributed by atoms with Gasteiger partial charge in [0, 0.05) is 19.6 Å². The molecule has 2 heterocycles. The van der Waals surface area contributed by atoms with Crippen molar-refractivity contribution in [3.05, 3.63) is 63.6 Å². The number of carbonyl (C=O) groups is 1. The van der Waals surface area contributed by atoms with Gasteiger partial charge in [0.15, 0.2) is 0 Å². The molecular weight excluding hydrogens is 550 g/mol. The van der Waals surface area contributed by atoms with Crippen molar-refractivity contribution in [1.82, 2.24) is 14.5 Å². The number of benzene rings is 2. The van der Waals surface area contributed by atoms with Crippen LogP contribution in [0.4, 0.5) is 13.2 Å². The summed E-state index contributed by atoms with van der Waals surface area (Å²) in [7, 11) is -3.95. The van der Waals surface area contributed by atoms with Crippen LogP contribution in [-0.2, 0) is 27.5 Å². The van der Waals surface area contributed by atoms with Gasteiger partial charge >= 0.3 is 6.18 Å². The molecule has 37 heavy (non-hydrogen) atoms. The first kappa shape index (κ1) is 28.2. The van der Waals surface area contributed by atoms with Gasteiger partial charge in [0.05, 0.1) is 27.3 Å². The van der Waals surface area contributed by atoms with Crippen LogP contribution in [0, 0.1) is 5.92 Å². The summed E-state index contributed by atoms with van der Waals surface area (Å²) in [6, 6.07) is 8.84. The Morgan fingerprint density at radius 1 is 1.14 bits per heavy atom. The number of hydrogen-bond acceptors (Lipinski definition) is 4. The van der Waals surface area contributed by atoms with E-state index in [4.69, 9.17) is 23.2 Å². The Bertz CT molecular complexity index is 1280. The zero-order valence-corrected chi connectivity index (χ0v) is 22.7. The van der Waals surface area contributed by atoms with Crippen molar-refractivity contribution in [2.24, 2.45) is 5.92 Å². The van der Waals surface area contributed by atoms with E-state index >= 15 is 0 Å². The van der Waals surface area contributed by atoms with Gasteiger partial charge in [-0.25, -0.2) is 8.42 Å². The smallest absolute Gasteiger partial charge is 0.319 e. The maximum absolute atomic E-state index is 13.5. The molecule has 0 bridgehead atoms. The zero-order valence-electron chi connectivity index (χ0n) is 20.4. The third kappa shape index (κ3) is 5.36. The van der Waals surface area contributed by atoms with E-state index in [1.165, 1.54) is 28.6 Å². The predicted molar refractivity (Wildman–Crippen MR) is 136 cm³/mol. The van der Waals surface area contributed by atoms with E-state index in [1.54, 1.807) is 11.0 Å². The van der Waals surface area contributed by atoms with Gasteiger partial charge in [-0.1, -0.05) is 61.7 Å². The fourth-order valence-electron chi connectivity index (χ4n) is 5.02. The van der Waals surface area contributed by atoms with Crippen LogP contribution in [0.25, 0.3) is 0 Å². The monoisotopic (exact) mass is 577 g/mol. The molecule has 0 unspecified atom stereocenters. The van der Waals surface area contributed by atoms with Crippen LogP contribution in [0.1, 0.15) is 44.2 Å². The number of sulfonamides is 1. The summed E-state index contributed by atoms with van der Waals surface area (Å²) >= 11 is 12.2. The third-order valence-electron chi connectivity index (χ3n) is 7.36. The number of nitrogens with one attached hydrogen (secondary N) is 1. The summed E-state index contributed by atoms with van der Waals surface area (Å²) in [5.41, 5.74) is -1.31. The highest BCUT2D eigenvalue weighted by atomic mass is 35.5. The molecule has 2 atom stereocenters. The number of rotatable bonds is 6. The van der Waals surface area contributed by atoms with Gasteiger partial charge in [0.25, 0.3) is 0 Å². The minimum absolute atomic E-state index is 0.0112. The molecule has 1 amide bonds. The van der Waals surface area contributed by atoms with Crippen molar-refractivity contribution < 1.29 is 26.4 Å². The van der Waals surface area contributed by atoms with Crippen LogP contribution in [0.5, 0.6) is 0 Å². The molecule has 2 aromatic carbocycles. The third-order valence-corrected chi connectivity index (χ3v) is 10.2. The molecule has 0 aliphatic carbocycles. The van der Waals surface area contributed by atoms with Crippen molar-refractivity contribution in [2.45, 2.75) is 62.4 Å². The van der Waals surface area contributed by atoms with E-state index in [0.717, 1.165) is 18.6 Å². The lowest BCUT2D eigenvalue weighted by molar-refractivity contribution is -0.137. The molecule has 1 spiro atoms. The first-order valence-electron chi connectivity index (χ1n) is 12.0. The van der Waals surface area contributed by atoms with Crippen LogP contribution in [0.3, 0.4) is 0 Å². The number of hydrogen-bond donors (Lipinski definition) is 1. The van der Waals surface area contributed by atoms with Gasteiger partial charge in [0.1, 0.15) is 4.90 Å². The van der Waals surface area contributed by atoms with Gasteiger partial charge < -0.3 is 4.90 Å². The van der Waals surface area contributed by atoms with Crippen LogP contribution in [0.15, 0.2) is 47.4 Å². The highest BCUT2D eigenvalue weighted by Gasteiger charge is 2.53. The van der Waals surface area contributed by atoms with Gasteiger partial charge in [-0.05, 0) is 48.6 Å². The lowest BCUT2D eigenvalue weighted by atomic mass is 9.96. The van der Waals surface area contributed by atoms with Crippen molar-refractivity contribution in [3.8, 4) is 0 Å². The molecular formula is C25H28Cl2F3N3O3S. The molecule has 6 nitrogen and oxygen atoms in total. The highest BCUT2D eigenvalue weighted by molar-refractivity contribution is 7.89. The Hall–Kier alpha value is -1.85. The molecule has 202 valence electrons. The number of nitrogens with zero attached hydrogens (tertiary/aromatic N) is 2. The lowest BCUT2D eigenvalue weighted by Gasteiger charge is -2.44. The second kappa shape index (κ2) is 10.4. The number of carbonyl (C=O) groups excluding carboxylic acids is 1. The van der Waals surface area contributed by atoms with E-state index < -0.39 is 33.5 Å². The maximum atomic E-state index is 13.5. The Morgan fingerprint density at radius 2 is 1.78 bits per heavy atom. The number of halogens is 5. The van der Waals surface area contributed by atoms with E-state index in [0.29, 0.717) is 5.56 Å². The molecule has 2 fully saturated rings. The predicted octanol–water partition coefficient (Wildman–Crippen LogP) is 5.54. The first-order chi connectivity index (χ1) is 17.3. The van der Waals surface area contributed by atoms with Gasteiger partial charge in [-0.2, -0.15) is 17.5 Å². The van der Waals surface area contributed by atoms with Crippen LogP contribution in [-0.4, -0.2) is 48.3 Å². The fraction of sp³-hybridized carbons (Fsp3) is 0.480. The Kier molecular flexibility index (Phi) is 7.90. The maximum Gasteiger partial charge on any atom is 0.416 e. The molecule has 2 aromatic rings. The summed E-state index contributed by atoms with van der Waals surface area (Å²) in [6.07, 6.45) is -3.24. The van der Waals surface area contributed by atoms with Crippen LogP contribution < -0.4 is 5.32 Å². The molecule has 2 saturated heterocycles. The van der Waals surface area contributed by atoms with E-state index in [9.17, 15) is 26.4 Å². The fourth-order valence-corrected chi connectivity index (χ4v) is 7.20. The summed E-state index contributed by atoms with van der Waals surface area (Å²) in [5.74, 6) is -0.205. The topological polar surface area (TPSA) is 69.7 Å². The number of amides is 1. The SMILES string of the molecule is CC[C@H](C)[C@@H]1NC2(CCN(S(=O)(=O)c3cccc(Cl)c3Cl)CC2)N(Cc2cccc(C(F)(F)F)c2)C1=O. The second-order valence-electron chi connectivity index (χ2n) is 9.62. The van der Waals surface area contributed by atoms with Gasteiger partial charge in [-0.15, -0.1) is 0 Å². The van der Waals surface area contributed by atoms with Crippen molar-refractivity contribution in [3.63, 3.8) is 0 Å². The Balaban J connectivity index is 1.62. The lowest BCUT2D eigenvalue weighted by Crippen LogP contribution is -2.59. The Labute approximate surface area is 224 Å². The number of alkyl halides is 3. The summed E-state index contributed by atoms with van der Waals surface area (Å²) in [6.45, 7) is 4.08. The minimum atomic E-state index is -4.50. The quantitative estimate of drug-likeness (QED) is 0.489. The van der Waals surface area contributed by atoms with Gasteiger partial charge in [0.2, 0.25) is 15.9 Å². The Morgan fingerprint density at radius 3 is 2.41 bits per heavy atom. The minimum Gasteiger partial charge on any atom is -0.319 e. The number of piperidine rings is 1.